The first kappa shape index (κ1) is 22.3. The minimum Gasteiger partial charge on any atom is -0.493 e. The molecule has 2 aromatic carbocycles. The van der Waals surface area contributed by atoms with Crippen molar-refractivity contribution in [2.75, 3.05) is 25.4 Å². The maximum absolute atomic E-state index is 12.7. The summed E-state index contributed by atoms with van der Waals surface area (Å²) < 4.78 is 38.3. The zero-order chi connectivity index (χ0) is 21.6. The monoisotopic (exact) mass is 447 g/mol. The second-order valence-electron chi connectivity index (χ2n) is 6.50. The fourth-order valence-electron chi connectivity index (χ4n) is 2.81. The molecule has 1 heterocycles. The molecule has 0 radical (unpaired) electrons. The van der Waals surface area contributed by atoms with Crippen LogP contribution in [-0.4, -0.2) is 48.4 Å². The molecule has 0 N–H and O–H groups in total. The van der Waals surface area contributed by atoms with Crippen LogP contribution in [0.25, 0.3) is 11.5 Å². The zero-order valence-electron chi connectivity index (χ0n) is 17.2. The molecule has 0 amide bonds. The molecule has 0 spiro atoms. The van der Waals surface area contributed by atoms with E-state index in [-0.39, 0.29) is 10.8 Å². The summed E-state index contributed by atoms with van der Waals surface area (Å²) in [4.78, 5) is 0.211. The topological polar surface area (TPSA) is 85.5 Å². The second-order valence-corrected chi connectivity index (χ2v) is 9.48. The van der Waals surface area contributed by atoms with E-state index >= 15 is 0 Å². The van der Waals surface area contributed by atoms with Gasteiger partial charge in [0.2, 0.25) is 15.9 Å². The summed E-state index contributed by atoms with van der Waals surface area (Å²) in [5, 5.41) is 8.51. The Bertz CT molecular complexity index is 1060. The molecule has 0 saturated heterocycles. The lowest BCUT2D eigenvalue weighted by Crippen LogP contribution is -2.30. The Hall–Kier alpha value is -2.36. The number of aromatic nitrogens is 2. The van der Waals surface area contributed by atoms with Crippen molar-refractivity contribution in [1.82, 2.24) is 14.5 Å². The van der Waals surface area contributed by atoms with E-state index in [9.17, 15) is 8.42 Å². The quantitative estimate of drug-likeness (QED) is 0.339. The van der Waals surface area contributed by atoms with Crippen LogP contribution in [0, 0.1) is 6.92 Å². The van der Waals surface area contributed by atoms with Gasteiger partial charge in [0.05, 0.1) is 11.5 Å². The average molecular weight is 448 g/mol. The van der Waals surface area contributed by atoms with Gasteiger partial charge in [-0.3, -0.25) is 0 Å². The first-order valence-corrected chi connectivity index (χ1v) is 12.1. The van der Waals surface area contributed by atoms with Gasteiger partial charge in [0.15, 0.2) is 0 Å². The van der Waals surface area contributed by atoms with Crippen LogP contribution in [0.2, 0.25) is 0 Å². The largest absolute Gasteiger partial charge is 0.493 e. The first-order chi connectivity index (χ1) is 14.4. The summed E-state index contributed by atoms with van der Waals surface area (Å²) in [6.45, 7) is 6.98. The highest BCUT2D eigenvalue weighted by molar-refractivity contribution is 7.99. The predicted octanol–water partition coefficient (Wildman–Crippen LogP) is 4.25. The minimum atomic E-state index is -3.55. The van der Waals surface area contributed by atoms with Gasteiger partial charge in [0.1, 0.15) is 5.75 Å². The average Bonchev–Trinajstić information content (AvgIpc) is 3.22. The van der Waals surface area contributed by atoms with E-state index in [1.54, 1.807) is 24.3 Å². The first-order valence-electron chi connectivity index (χ1n) is 9.70. The molecule has 0 saturated carbocycles. The maximum Gasteiger partial charge on any atom is 0.276 e. The van der Waals surface area contributed by atoms with Crippen LogP contribution in [0.15, 0.2) is 63.1 Å². The fraction of sp³-hybridized carbons (Fsp3) is 0.333. The second kappa shape index (κ2) is 10.1. The number of aryl methyl sites for hydroxylation is 1. The molecule has 0 bridgehead atoms. The Morgan fingerprint density at radius 1 is 1.07 bits per heavy atom. The molecule has 3 rings (SSSR count). The molecule has 1 aromatic heterocycles. The number of hydrogen-bond donors (Lipinski definition) is 0. The maximum atomic E-state index is 12.7. The van der Waals surface area contributed by atoms with Crippen molar-refractivity contribution in [2.24, 2.45) is 0 Å². The third-order valence-electron chi connectivity index (χ3n) is 4.43. The van der Waals surface area contributed by atoms with Crippen molar-refractivity contribution < 1.29 is 17.6 Å². The number of rotatable bonds is 10. The van der Waals surface area contributed by atoms with Gasteiger partial charge in [-0.25, -0.2) is 8.42 Å². The van der Waals surface area contributed by atoms with Crippen LogP contribution >= 0.6 is 11.8 Å². The van der Waals surface area contributed by atoms with E-state index in [0.717, 1.165) is 5.75 Å². The van der Waals surface area contributed by atoms with Crippen LogP contribution in [-0.2, 0) is 10.0 Å². The molecular weight excluding hydrogens is 422 g/mol. The summed E-state index contributed by atoms with van der Waals surface area (Å²) in [6.07, 6.45) is 0. The molecular formula is C21H25N3O4S2. The van der Waals surface area contributed by atoms with Crippen LogP contribution in [0.1, 0.15) is 19.4 Å². The third kappa shape index (κ3) is 5.41. The van der Waals surface area contributed by atoms with Crippen molar-refractivity contribution in [3.8, 4) is 17.2 Å². The highest BCUT2D eigenvalue weighted by atomic mass is 32.2. The molecule has 0 aliphatic carbocycles. The zero-order valence-corrected chi connectivity index (χ0v) is 18.9. The number of sulfonamides is 1. The SMILES string of the molecule is CCN(CC)S(=O)(=O)c1cccc(-c2nnc(SCCOc3ccc(C)cc3)o2)c1. The third-order valence-corrected chi connectivity index (χ3v) is 7.26. The number of hydrogen-bond acceptors (Lipinski definition) is 7. The Labute approximate surface area is 181 Å². The minimum absolute atomic E-state index is 0.211. The summed E-state index contributed by atoms with van der Waals surface area (Å²) in [5.41, 5.74) is 1.75. The molecule has 30 heavy (non-hydrogen) atoms. The molecule has 0 fully saturated rings. The van der Waals surface area contributed by atoms with E-state index in [0.29, 0.717) is 36.2 Å². The Kier molecular flexibility index (Phi) is 7.52. The van der Waals surface area contributed by atoms with Gasteiger partial charge < -0.3 is 9.15 Å². The molecule has 9 heteroatoms. The highest BCUT2D eigenvalue weighted by Crippen LogP contribution is 2.26. The van der Waals surface area contributed by atoms with E-state index in [1.807, 2.05) is 45.0 Å². The summed E-state index contributed by atoms with van der Waals surface area (Å²) in [5.74, 6) is 1.75. The number of ether oxygens (including phenoxy) is 1. The standard InChI is InChI=1S/C21H25N3O4S2/c1-4-24(5-2)30(25,26)19-8-6-7-17(15-19)20-22-23-21(28-20)29-14-13-27-18-11-9-16(3)10-12-18/h6-12,15H,4-5,13-14H2,1-3H3. The predicted molar refractivity (Wildman–Crippen MR) is 117 cm³/mol. The number of thioether (sulfide) groups is 1. The smallest absolute Gasteiger partial charge is 0.276 e. The van der Waals surface area contributed by atoms with Crippen molar-refractivity contribution in [3.05, 3.63) is 54.1 Å². The lowest BCUT2D eigenvalue weighted by molar-refractivity contribution is 0.343. The Balaban J connectivity index is 1.62. The van der Waals surface area contributed by atoms with E-state index in [1.165, 1.54) is 21.6 Å². The van der Waals surface area contributed by atoms with Crippen molar-refractivity contribution in [1.29, 1.82) is 0 Å². The van der Waals surface area contributed by atoms with Crippen LogP contribution in [0.4, 0.5) is 0 Å². The molecule has 0 unspecified atom stereocenters. The van der Waals surface area contributed by atoms with Gasteiger partial charge in [-0.2, -0.15) is 4.31 Å². The normalized spacial score (nSPS) is 11.7. The molecule has 3 aromatic rings. The number of benzene rings is 2. The summed E-state index contributed by atoms with van der Waals surface area (Å²) >= 11 is 1.39. The lowest BCUT2D eigenvalue weighted by atomic mass is 10.2. The van der Waals surface area contributed by atoms with E-state index < -0.39 is 10.0 Å². The van der Waals surface area contributed by atoms with Crippen LogP contribution in [0.5, 0.6) is 5.75 Å². The molecule has 7 nitrogen and oxygen atoms in total. The highest BCUT2D eigenvalue weighted by Gasteiger charge is 2.22. The van der Waals surface area contributed by atoms with Crippen LogP contribution < -0.4 is 4.74 Å². The number of nitrogens with zero attached hydrogens (tertiary/aromatic N) is 3. The molecule has 0 atom stereocenters. The summed E-state index contributed by atoms with van der Waals surface area (Å²) in [7, 11) is -3.55. The molecule has 160 valence electrons. The van der Waals surface area contributed by atoms with E-state index in [4.69, 9.17) is 9.15 Å². The Morgan fingerprint density at radius 2 is 1.80 bits per heavy atom. The van der Waals surface area contributed by atoms with E-state index in [2.05, 4.69) is 10.2 Å². The Morgan fingerprint density at radius 3 is 2.50 bits per heavy atom. The van der Waals surface area contributed by atoms with Crippen molar-refractivity contribution in [2.45, 2.75) is 30.9 Å². The van der Waals surface area contributed by atoms with Gasteiger partial charge in [-0.05, 0) is 37.3 Å². The van der Waals surface area contributed by atoms with Gasteiger partial charge in [-0.15, -0.1) is 10.2 Å². The fourth-order valence-corrected chi connectivity index (χ4v) is 4.89. The van der Waals surface area contributed by atoms with Crippen molar-refractivity contribution in [3.63, 3.8) is 0 Å². The van der Waals surface area contributed by atoms with Gasteiger partial charge in [-0.1, -0.05) is 49.4 Å². The molecule has 0 aliphatic heterocycles. The van der Waals surface area contributed by atoms with Gasteiger partial charge in [0.25, 0.3) is 5.22 Å². The summed E-state index contributed by atoms with van der Waals surface area (Å²) in [6, 6.07) is 14.4. The van der Waals surface area contributed by atoms with Gasteiger partial charge in [0, 0.05) is 24.4 Å². The molecule has 0 aliphatic rings. The lowest BCUT2D eigenvalue weighted by Gasteiger charge is -2.18. The van der Waals surface area contributed by atoms with Gasteiger partial charge >= 0.3 is 0 Å². The van der Waals surface area contributed by atoms with Crippen LogP contribution in [0.3, 0.4) is 0 Å². The van der Waals surface area contributed by atoms with Crippen molar-refractivity contribution >= 4 is 21.8 Å².